The first kappa shape index (κ1) is 15.7. The second kappa shape index (κ2) is 6.11. The summed E-state index contributed by atoms with van der Waals surface area (Å²) in [5, 5.41) is 2.80. The van der Waals surface area contributed by atoms with Crippen molar-refractivity contribution in [1.82, 2.24) is 9.55 Å². The Morgan fingerprint density at radius 2 is 1.75 bits per heavy atom. The Morgan fingerprint density at radius 3 is 2.38 bits per heavy atom. The largest absolute Gasteiger partial charge is 0.497 e. The summed E-state index contributed by atoms with van der Waals surface area (Å²) in [7, 11) is 4.75. The lowest BCUT2D eigenvalue weighted by atomic mass is 10.1. The van der Waals surface area contributed by atoms with Gasteiger partial charge in [-0.25, -0.2) is 4.79 Å². The van der Waals surface area contributed by atoms with E-state index in [4.69, 9.17) is 9.47 Å². The maximum absolute atomic E-state index is 12.5. The van der Waals surface area contributed by atoms with Crippen LogP contribution in [0.2, 0.25) is 0 Å². The van der Waals surface area contributed by atoms with Crippen molar-refractivity contribution in [2.75, 3.05) is 19.5 Å². The van der Waals surface area contributed by atoms with Gasteiger partial charge in [0.1, 0.15) is 11.5 Å². The monoisotopic (exact) mass is 327 g/mol. The van der Waals surface area contributed by atoms with Crippen LogP contribution in [0.4, 0.5) is 5.69 Å². The number of aryl methyl sites for hydroxylation is 1. The number of methoxy groups -OCH3 is 2. The molecule has 0 aliphatic rings. The Morgan fingerprint density at radius 1 is 1.08 bits per heavy atom. The summed E-state index contributed by atoms with van der Waals surface area (Å²) in [4.78, 5) is 26.8. The molecule has 0 bridgehead atoms. The number of amides is 1. The fraction of sp³-hybridized carbons (Fsp3) is 0.176. The van der Waals surface area contributed by atoms with Crippen molar-refractivity contribution in [1.29, 1.82) is 0 Å². The van der Waals surface area contributed by atoms with E-state index in [0.29, 0.717) is 28.3 Å². The minimum Gasteiger partial charge on any atom is -0.497 e. The van der Waals surface area contributed by atoms with Gasteiger partial charge in [0, 0.05) is 36.5 Å². The van der Waals surface area contributed by atoms with Crippen molar-refractivity contribution in [3.8, 4) is 11.5 Å². The molecular weight excluding hydrogens is 310 g/mol. The molecule has 1 heterocycles. The Bertz CT molecular complexity index is 949. The molecule has 1 aromatic heterocycles. The van der Waals surface area contributed by atoms with E-state index in [9.17, 15) is 9.59 Å². The molecule has 3 aromatic rings. The number of aromatic amines is 1. The molecule has 0 aliphatic carbocycles. The number of hydrogen-bond donors (Lipinski definition) is 2. The number of nitrogens with zero attached hydrogens (tertiary/aromatic N) is 1. The van der Waals surface area contributed by atoms with Crippen LogP contribution in [0.1, 0.15) is 10.4 Å². The van der Waals surface area contributed by atoms with Crippen molar-refractivity contribution in [2.24, 2.45) is 7.05 Å². The van der Waals surface area contributed by atoms with Crippen molar-refractivity contribution in [3.63, 3.8) is 0 Å². The van der Waals surface area contributed by atoms with Crippen LogP contribution in [-0.2, 0) is 7.05 Å². The number of rotatable bonds is 4. The van der Waals surface area contributed by atoms with E-state index >= 15 is 0 Å². The predicted molar refractivity (Wildman–Crippen MR) is 91.0 cm³/mol. The fourth-order valence-electron chi connectivity index (χ4n) is 2.46. The number of carbonyl (C=O) groups excluding carboxylic acids is 1. The van der Waals surface area contributed by atoms with Gasteiger partial charge in [0.05, 0.1) is 25.3 Å². The summed E-state index contributed by atoms with van der Waals surface area (Å²) in [5.74, 6) is 0.858. The lowest BCUT2D eigenvalue weighted by Crippen LogP contribution is -2.12. The summed E-state index contributed by atoms with van der Waals surface area (Å²) in [5.41, 5.74) is 2.11. The molecule has 0 unspecified atom stereocenters. The number of nitrogens with one attached hydrogen (secondary N) is 2. The summed E-state index contributed by atoms with van der Waals surface area (Å²) >= 11 is 0. The van der Waals surface area contributed by atoms with E-state index in [0.717, 1.165) is 5.52 Å². The lowest BCUT2D eigenvalue weighted by Gasteiger charge is -2.10. The van der Waals surface area contributed by atoms with Gasteiger partial charge in [-0.05, 0) is 18.2 Å². The van der Waals surface area contributed by atoms with E-state index in [1.54, 1.807) is 57.7 Å². The maximum Gasteiger partial charge on any atom is 0.326 e. The zero-order valence-electron chi connectivity index (χ0n) is 13.5. The van der Waals surface area contributed by atoms with Crippen LogP contribution < -0.4 is 20.5 Å². The smallest absolute Gasteiger partial charge is 0.326 e. The third kappa shape index (κ3) is 2.83. The second-order valence-corrected chi connectivity index (χ2v) is 5.28. The quantitative estimate of drug-likeness (QED) is 0.769. The Kier molecular flexibility index (Phi) is 3.99. The molecule has 7 nitrogen and oxygen atoms in total. The Balaban J connectivity index is 1.91. The highest BCUT2D eigenvalue weighted by molar-refractivity contribution is 6.06. The van der Waals surface area contributed by atoms with Gasteiger partial charge < -0.3 is 19.8 Å². The molecule has 2 N–H and O–H groups in total. The molecule has 0 radical (unpaired) electrons. The molecule has 24 heavy (non-hydrogen) atoms. The molecule has 0 spiro atoms. The Labute approximate surface area is 137 Å². The van der Waals surface area contributed by atoms with Gasteiger partial charge in [0.25, 0.3) is 5.91 Å². The van der Waals surface area contributed by atoms with Crippen LogP contribution >= 0.6 is 0 Å². The first-order chi connectivity index (χ1) is 11.5. The summed E-state index contributed by atoms with van der Waals surface area (Å²) in [6.07, 6.45) is 0. The van der Waals surface area contributed by atoms with Gasteiger partial charge in [-0.1, -0.05) is 0 Å². The minimum atomic E-state index is -0.295. The first-order valence-corrected chi connectivity index (χ1v) is 7.25. The lowest BCUT2D eigenvalue weighted by molar-refractivity contribution is 0.102. The topological polar surface area (TPSA) is 85.4 Å². The maximum atomic E-state index is 12.5. The number of aromatic nitrogens is 2. The number of H-pyrrole nitrogens is 1. The minimum absolute atomic E-state index is 0.222. The number of hydrogen-bond acceptors (Lipinski definition) is 4. The molecule has 7 heteroatoms. The summed E-state index contributed by atoms with van der Waals surface area (Å²) < 4.78 is 11.9. The van der Waals surface area contributed by atoms with Gasteiger partial charge in [0.2, 0.25) is 0 Å². The number of anilines is 1. The summed E-state index contributed by atoms with van der Waals surface area (Å²) in [6, 6.07) is 10.2. The summed E-state index contributed by atoms with van der Waals surface area (Å²) in [6.45, 7) is 0. The molecular formula is C17H17N3O4. The van der Waals surface area contributed by atoms with E-state index in [1.165, 1.54) is 4.57 Å². The third-order valence-corrected chi connectivity index (χ3v) is 3.78. The second-order valence-electron chi connectivity index (χ2n) is 5.28. The molecule has 0 aliphatic heterocycles. The van der Waals surface area contributed by atoms with Gasteiger partial charge in [-0.3, -0.25) is 9.36 Å². The zero-order chi connectivity index (χ0) is 17.3. The third-order valence-electron chi connectivity index (χ3n) is 3.78. The van der Waals surface area contributed by atoms with E-state index in [2.05, 4.69) is 10.3 Å². The van der Waals surface area contributed by atoms with Crippen LogP contribution in [0.25, 0.3) is 11.0 Å². The van der Waals surface area contributed by atoms with Crippen molar-refractivity contribution >= 4 is 22.6 Å². The molecule has 124 valence electrons. The number of benzene rings is 2. The first-order valence-electron chi connectivity index (χ1n) is 7.25. The molecule has 0 fully saturated rings. The Hall–Kier alpha value is -3.22. The van der Waals surface area contributed by atoms with E-state index < -0.39 is 0 Å². The van der Waals surface area contributed by atoms with Crippen LogP contribution in [-0.4, -0.2) is 29.7 Å². The average molecular weight is 327 g/mol. The predicted octanol–water partition coefficient (Wildman–Crippen LogP) is 2.14. The van der Waals surface area contributed by atoms with Gasteiger partial charge >= 0.3 is 5.69 Å². The highest BCUT2D eigenvalue weighted by atomic mass is 16.5. The van der Waals surface area contributed by atoms with E-state index in [1.807, 2.05) is 0 Å². The van der Waals surface area contributed by atoms with Crippen LogP contribution in [0.5, 0.6) is 11.5 Å². The number of ether oxygens (including phenoxy) is 2. The average Bonchev–Trinajstić information content (AvgIpc) is 2.88. The number of fused-ring (bicyclic) bond motifs is 1. The molecule has 0 saturated carbocycles. The SMILES string of the molecule is COc1cc(NC(=O)c2ccc3c(c2)[nH]c(=O)n3C)cc(OC)c1. The highest BCUT2D eigenvalue weighted by Crippen LogP contribution is 2.26. The molecule has 3 rings (SSSR count). The van der Waals surface area contributed by atoms with E-state index in [-0.39, 0.29) is 11.6 Å². The highest BCUT2D eigenvalue weighted by Gasteiger charge is 2.11. The van der Waals surface area contributed by atoms with Gasteiger partial charge in [-0.2, -0.15) is 0 Å². The fourth-order valence-corrected chi connectivity index (χ4v) is 2.46. The van der Waals surface area contributed by atoms with Crippen LogP contribution in [0.3, 0.4) is 0 Å². The van der Waals surface area contributed by atoms with Gasteiger partial charge in [0.15, 0.2) is 0 Å². The van der Waals surface area contributed by atoms with Crippen molar-refractivity contribution in [3.05, 3.63) is 52.4 Å². The van der Waals surface area contributed by atoms with Crippen LogP contribution in [0.15, 0.2) is 41.2 Å². The van der Waals surface area contributed by atoms with Crippen molar-refractivity contribution in [2.45, 2.75) is 0 Å². The molecule has 2 aromatic carbocycles. The molecule has 1 amide bonds. The van der Waals surface area contributed by atoms with Crippen molar-refractivity contribution < 1.29 is 14.3 Å². The van der Waals surface area contributed by atoms with Crippen LogP contribution in [0, 0.1) is 0 Å². The van der Waals surface area contributed by atoms with Gasteiger partial charge in [-0.15, -0.1) is 0 Å². The number of imidazole rings is 1. The molecule has 0 saturated heterocycles. The standard InChI is InChI=1S/C17H17N3O4/c1-20-15-5-4-10(6-14(15)19-17(20)22)16(21)18-11-7-12(23-2)9-13(8-11)24-3/h4-9H,1-3H3,(H,18,21)(H,19,22). The number of carbonyl (C=O) groups is 1. The zero-order valence-corrected chi connectivity index (χ0v) is 13.5. The normalized spacial score (nSPS) is 10.6. The molecule has 0 atom stereocenters.